The maximum atomic E-state index is 13.3. The van der Waals surface area contributed by atoms with Crippen LogP contribution in [-0.4, -0.2) is 32.5 Å². The molecule has 108 valence electrons. The summed E-state index contributed by atoms with van der Waals surface area (Å²) in [7, 11) is -4.12. The van der Waals surface area contributed by atoms with Gasteiger partial charge in [0.1, 0.15) is 23.1 Å². The number of alkyl halides is 3. The van der Waals surface area contributed by atoms with Gasteiger partial charge in [-0.25, -0.2) is 17.2 Å². The summed E-state index contributed by atoms with van der Waals surface area (Å²) in [5.41, 5.74) is 4.39. The first kappa shape index (κ1) is 15.6. The van der Waals surface area contributed by atoms with Crippen molar-refractivity contribution in [1.29, 1.82) is 0 Å². The number of rotatable bonds is 3. The molecule has 0 saturated heterocycles. The SMILES string of the molecule is CN(CC(F)(F)F)S(=O)(=O)c1cc(N)c(F)cc1F. The van der Waals surface area contributed by atoms with Crippen molar-refractivity contribution in [1.82, 2.24) is 4.31 Å². The number of sulfonamides is 1. The highest BCUT2D eigenvalue weighted by Crippen LogP contribution is 2.25. The van der Waals surface area contributed by atoms with Gasteiger partial charge < -0.3 is 5.73 Å². The van der Waals surface area contributed by atoms with Crippen LogP contribution in [0.25, 0.3) is 0 Å². The second kappa shape index (κ2) is 4.93. The fourth-order valence-corrected chi connectivity index (χ4v) is 2.48. The zero-order valence-corrected chi connectivity index (χ0v) is 10.3. The molecule has 1 aromatic rings. The van der Waals surface area contributed by atoms with E-state index in [-0.39, 0.29) is 10.4 Å². The van der Waals surface area contributed by atoms with E-state index in [4.69, 9.17) is 5.73 Å². The van der Waals surface area contributed by atoms with Crippen molar-refractivity contribution < 1.29 is 30.4 Å². The van der Waals surface area contributed by atoms with Crippen LogP contribution in [0.5, 0.6) is 0 Å². The molecule has 0 radical (unpaired) electrons. The average Bonchev–Trinajstić information content (AvgIpc) is 2.20. The van der Waals surface area contributed by atoms with Gasteiger partial charge >= 0.3 is 6.18 Å². The van der Waals surface area contributed by atoms with E-state index in [1.54, 1.807) is 0 Å². The normalized spacial score (nSPS) is 13.0. The summed E-state index contributed by atoms with van der Waals surface area (Å²) in [4.78, 5) is -1.11. The molecule has 0 aromatic heterocycles. The third kappa shape index (κ3) is 3.53. The van der Waals surface area contributed by atoms with E-state index in [2.05, 4.69) is 0 Å². The first-order valence-corrected chi connectivity index (χ1v) is 6.17. The number of nitrogen functional groups attached to an aromatic ring is 1. The fourth-order valence-electron chi connectivity index (χ4n) is 1.25. The van der Waals surface area contributed by atoms with E-state index < -0.39 is 45.0 Å². The van der Waals surface area contributed by atoms with E-state index in [1.165, 1.54) is 0 Å². The quantitative estimate of drug-likeness (QED) is 0.683. The van der Waals surface area contributed by atoms with Gasteiger partial charge in [0.15, 0.2) is 0 Å². The lowest BCUT2D eigenvalue weighted by molar-refractivity contribution is -0.134. The fraction of sp³-hybridized carbons (Fsp3) is 0.333. The summed E-state index contributed by atoms with van der Waals surface area (Å²) in [6.07, 6.45) is -4.79. The molecule has 0 fully saturated rings. The molecule has 19 heavy (non-hydrogen) atoms. The maximum Gasteiger partial charge on any atom is 0.402 e. The van der Waals surface area contributed by atoms with Crippen LogP contribution in [0.2, 0.25) is 0 Å². The van der Waals surface area contributed by atoms with Gasteiger partial charge in [-0.2, -0.15) is 17.5 Å². The maximum absolute atomic E-state index is 13.3. The van der Waals surface area contributed by atoms with Gasteiger partial charge in [-0.15, -0.1) is 0 Å². The van der Waals surface area contributed by atoms with Crippen molar-refractivity contribution in [2.45, 2.75) is 11.1 Å². The van der Waals surface area contributed by atoms with E-state index >= 15 is 0 Å². The summed E-state index contributed by atoms with van der Waals surface area (Å²) in [6, 6.07) is 0.635. The Morgan fingerprint density at radius 1 is 1.21 bits per heavy atom. The molecule has 0 saturated carbocycles. The van der Waals surface area contributed by atoms with E-state index in [9.17, 15) is 30.4 Å². The van der Waals surface area contributed by atoms with Crippen LogP contribution in [-0.2, 0) is 10.0 Å². The van der Waals surface area contributed by atoms with Crippen LogP contribution in [0.3, 0.4) is 0 Å². The number of hydrogen-bond acceptors (Lipinski definition) is 3. The van der Waals surface area contributed by atoms with Crippen LogP contribution >= 0.6 is 0 Å². The van der Waals surface area contributed by atoms with Crippen LogP contribution in [0.15, 0.2) is 17.0 Å². The molecule has 0 spiro atoms. The number of anilines is 1. The summed E-state index contributed by atoms with van der Waals surface area (Å²) < 4.78 is 85.8. The number of benzene rings is 1. The van der Waals surface area contributed by atoms with Crippen molar-refractivity contribution in [3.8, 4) is 0 Å². The van der Waals surface area contributed by atoms with Crippen LogP contribution in [0.4, 0.5) is 27.6 Å². The highest BCUT2D eigenvalue weighted by atomic mass is 32.2. The topological polar surface area (TPSA) is 63.4 Å². The van der Waals surface area contributed by atoms with E-state index in [0.717, 1.165) is 0 Å². The van der Waals surface area contributed by atoms with Gasteiger partial charge in [0.25, 0.3) is 0 Å². The van der Waals surface area contributed by atoms with Gasteiger partial charge in [0.2, 0.25) is 10.0 Å². The smallest absolute Gasteiger partial charge is 0.396 e. The molecule has 2 N–H and O–H groups in total. The number of nitrogens with two attached hydrogens (primary N) is 1. The van der Waals surface area contributed by atoms with E-state index in [1.807, 2.05) is 0 Å². The molecule has 0 aliphatic carbocycles. The Balaban J connectivity index is 3.25. The van der Waals surface area contributed by atoms with Gasteiger partial charge in [0, 0.05) is 13.1 Å². The molecule has 0 aliphatic heterocycles. The Labute approximate surface area is 105 Å². The van der Waals surface area contributed by atoms with Crippen molar-refractivity contribution >= 4 is 15.7 Å². The van der Waals surface area contributed by atoms with Crippen molar-refractivity contribution in [2.24, 2.45) is 0 Å². The Morgan fingerprint density at radius 3 is 2.21 bits per heavy atom. The average molecular weight is 304 g/mol. The minimum absolute atomic E-state index is 0.0945. The molecule has 1 aromatic carbocycles. The van der Waals surface area contributed by atoms with Crippen LogP contribution in [0.1, 0.15) is 0 Å². The summed E-state index contributed by atoms with van der Waals surface area (Å²) in [5, 5.41) is 0. The Bertz CT molecular complexity index is 585. The second-order valence-electron chi connectivity index (χ2n) is 3.68. The predicted octanol–water partition coefficient (Wildman–Crippen LogP) is 1.73. The zero-order chi connectivity index (χ0) is 15.0. The Kier molecular flexibility index (Phi) is 4.06. The summed E-state index contributed by atoms with van der Waals surface area (Å²) >= 11 is 0. The lowest BCUT2D eigenvalue weighted by Gasteiger charge is -2.19. The number of nitrogens with zero attached hydrogens (tertiary/aromatic N) is 1. The molecule has 0 bridgehead atoms. The Hall–Kier alpha value is -1.42. The molecular weight excluding hydrogens is 295 g/mol. The monoisotopic (exact) mass is 304 g/mol. The molecule has 0 aliphatic rings. The van der Waals surface area contributed by atoms with Crippen molar-refractivity contribution in [3.05, 3.63) is 23.8 Å². The predicted molar refractivity (Wildman–Crippen MR) is 56.6 cm³/mol. The lowest BCUT2D eigenvalue weighted by Crippen LogP contribution is -2.36. The second-order valence-corrected chi connectivity index (χ2v) is 5.69. The number of hydrogen-bond donors (Lipinski definition) is 1. The van der Waals surface area contributed by atoms with Crippen LogP contribution < -0.4 is 5.73 Å². The minimum atomic E-state index is -4.79. The summed E-state index contributed by atoms with van der Waals surface area (Å²) in [5.74, 6) is -2.71. The minimum Gasteiger partial charge on any atom is -0.396 e. The number of halogens is 5. The largest absolute Gasteiger partial charge is 0.402 e. The van der Waals surface area contributed by atoms with Gasteiger partial charge in [-0.3, -0.25) is 0 Å². The highest BCUT2D eigenvalue weighted by molar-refractivity contribution is 7.89. The first-order chi connectivity index (χ1) is 8.45. The zero-order valence-electron chi connectivity index (χ0n) is 9.50. The molecular formula is C9H9F5N2O2S. The Morgan fingerprint density at radius 2 is 1.74 bits per heavy atom. The molecule has 10 heteroatoms. The van der Waals surface area contributed by atoms with Gasteiger partial charge in [-0.05, 0) is 6.07 Å². The molecule has 0 atom stereocenters. The third-order valence-electron chi connectivity index (χ3n) is 2.14. The van der Waals surface area contributed by atoms with Crippen LogP contribution in [0, 0.1) is 11.6 Å². The van der Waals surface area contributed by atoms with Gasteiger partial charge in [0.05, 0.1) is 5.69 Å². The third-order valence-corrected chi connectivity index (χ3v) is 3.96. The van der Waals surface area contributed by atoms with Crippen molar-refractivity contribution in [3.63, 3.8) is 0 Å². The van der Waals surface area contributed by atoms with Crippen molar-refractivity contribution in [2.75, 3.05) is 19.3 Å². The molecule has 0 heterocycles. The molecule has 1 rings (SSSR count). The molecule has 0 amide bonds. The van der Waals surface area contributed by atoms with E-state index in [0.29, 0.717) is 13.1 Å². The first-order valence-electron chi connectivity index (χ1n) is 4.73. The highest BCUT2D eigenvalue weighted by Gasteiger charge is 2.36. The van der Waals surface area contributed by atoms with Gasteiger partial charge in [-0.1, -0.05) is 0 Å². The lowest BCUT2D eigenvalue weighted by atomic mass is 10.3. The standard InChI is InChI=1S/C9H9F5N2O2S/c1-16(4-9(12,13)14)19(17,18)8-3-7(15)5(10)2-6(8)11/h2-3H,4,15H2,1H3. The summed E-state index contributed by atoms with van der Waals surface area (Å²) in [6.45, 7) is -1.80. The molecule has 0 unspecified atom stereocenters. The molecule has 4 nitrogen and oxygen atoms in total.